The molecular formula is C34H37F2N3O5. The Morgan fingerprint density at radius 1 is 0.955 bits per heavy atom. The number of aliphatic carboxylic acids is 1. The minimum Gasteiger partial charge on any atom is -0.481 e. The maximum Gasteiger partial charge on any atom is 0.303 e. The largest absolute Gasteiger partial charge is 0.481 e. The summed E-state index contributed by atoms with van der Waals surface area (Å²) in [7, 11) is 1.67. The van der Waals surface area contributed by atoms with Gasteiger partial charge in [0, 0.05) is 39.2 Å². The molecule has 1 aliphatic carbocycles. The van der Waals surface area contributed by atoms with Crippen molar-refractivity contribution in [1.82, 2.24) is 14.9 Å². The van der Waals surface area contributed by atoms with Crippen LogP contribution in [0.4, 0.5) is 8.78 Å². The van der Waals surface area contributed by atoms with E-state index in [1.165, 1.54) is 11.6 Å². The molecule has 0 spiro atoms. The van der Waals surface area contributed by atoms with Crippen LogP contribution in [-0.4, -0.2) is 71.6 Å². The van der Waals surface area contributed by atoms with E-state index in [4.69, 9.17) is 19.3 Å². The van der Waals surface area contributed by atoms with Gasteiger partial charge in [0.15, 0.2) is 5.82 Å². The van der Waals surface area contributed by atoms with Gasteiger partial charge in [0.05, 0.1) is 30.4 Å². The second-order valence-corrected chi connectivity index (χ2v) is 11.8. The fourth-order valence-corrected chi connectivity index (χ4v) is 6.18. The Balaban J connectivity index is 1.09. The maximum atomic E-state index is 15.6. The van der Waals surface area contributed by atoms with Crippen LogP contribution in [-0.2, 0) is 20.8 Å². The summed E-state index contributed by atoms with van der Waals surface area (Å²) in [6, 6.07) is 16.9. The molecule has 3 aromatic carbocycles. The van der Waals surface area contributed by atoms with E-state index in [9.17, 15) is 4.79 Å². The summed E-state index contributed by atoms with van der Waals surface area (Å²) in [5.74, 6) is -2.08. The van der Waals surface area contributed by atoms with Gasteiger partial charge in [-0.15, -0.1) is 0 Å². The summed E-state index contributed by atoms with van der Waals surface area (Å²) in [6.45, 7) is 3.92. The molecule has 0 bridgehead atoms. The van der Waals surface area contributed by atoms with Gasteiger partial charge in [-0.05, 0) is 53.9 Å². The Morgan fingerprint density at radius 3 is 2.27 bits per heavy atom. The highest BCUT2D eigenvalue weighted by molar-refractivity contribution is 5.84. The van der Waals surface area contributed by atoms with Crippen LogP contribution in [0, 0.1) is 17.6 Å². The van der Waals surface area contributed by atoms with Crippen LogP contribution >= 0.6 is 0 Å². The van der Waals surface area contributed by atoms with E-state index in [1.54, 1.807) is 19.2 Å². The predicted molar refractivity (Wildman–Crippen MR) is 162 cm³/mol. The van der Waals surface area contributed by atoms with Crippen molar-refractivity contribution < 1.29 is 32.9 Å². The summed E-state index contributed by atoms with van der Waals surface area (Å²) >= 11 is 0. The lowest BCUT2D eigenvalue weighted by atomic mass is 9.85. The zero-order chi connectivity index (χ0) is 30.6. The molecule has 1 aliphatic heterocycles. The molecule has 10 heteroatoms. The van der Waals surface area contributed by atoms with E-state index >= 15 is 8.78 Å². The average Bonchev–Trinajstić information content (AvgIpc) is 3.40. The highest BCUT2D eigenvalue weighted by atomic mass is 19.1. The topological polar surface area (TPSA) is 96.9 Å². The van der Waals surface area contributed by atoms with Gasteiger partial charge in [-0.2, -0.15) is 4.98 Å². The smallest absolute Gasteiger partial charge is 0.303 e. The summed E-state index contributed by atoms with van der Waals surface area (Å²) in [6.07, 6.45) is 3.15. The van der Waals surface area contributed by atoms with Crippen molar-refractivity contribution in [2.24, 2.45) is 5.92 Å². The second-order valence-electron chi connectivity index (χ2n) is 11.8. The van der Waals surface area contributed by atoms with Gasteiger partial charge >= 0.3 is 5.97 Å². The number of carboxylic acid groups (broad SMARTS) is 1. The van der Waals surface area contributed by atoms with Crippen molar-refractivity contribution >= 4 is 17.0 Å². The molecule has 0 amide bonds. The van der Waals surface area contributed by atoms with E-state index in [0.29, 0.717) is 31.6 Å². The maximum absolute atomic E-state index is 15.6. The lowest BCUT2D eigenvalue weighted by Gasteiger charge is -2.38. The number of ether oxygens (including phenoxy) is 3. The number of likely N-dealkylation sites (tertiary alicyclic amines) is 1. The molecule has 0 radical (unpaired) electrons. The third kappa shape index (κ3) is 6.93. The lowest BCUT2D eigenvalue weighted by Crippen LogP contribution is -2.51. The molecule has 2 heterocycles. The third-order valence-electron chi connectivity index (χ3n) is 8.61. The number of carbonyl (C=O) groups is 1. The molecule has 0 atom stereocenters. The molecular weight excluding hydrogens is 568 g/mol. The zero-order valence-electron chi connectivity index (χ0n) is 24.7. The minimum atomic E-state index is -0.791. The van der Waals surface area contributed by atoms with Crippen LogP contribution in [0.1, 0.15) is 37.7 Å². The molecule has 2 aliphatic rings. The number of aromatic amines is 1. The van der Waals surface area contributed by atoms with Crippen molar-refractivity contribution in [3.8, 4) is 28.3 Å². The molecule has 0 unspecified atom stereocenters. The van der Waals surface area contributed by atoms with E-state index in [1.807, 2.05) is 12.1 Å². The third-order valence-corrected chi connectivity index (χ3v) is 8.61. The van der Waals surface area contributed by atoms with Crippen molar-refractivity contribution in [1.29, 1.82) is 0 Å². The van der Waals surface area contributed by atoms with Crippen LogP contribution in [0.25, 0.3) is 33.3 Å². The van der Waals surface area contributed by atoms with Crippen molar-refractivity contribution in [3.63, 3.8) is 0 Å². The number of carboxylic acids is 1. The molecule has 232 valence electrons. The van der Waals surface area contributed by atoms with Crippen LogP contribution in [0.15, 0.2) is 54.6 Å². The first-order chi connectivity index (χ1) is 21.4. The number of imidazole rings is 1. The van der Waals surface area contributed by atoms with Crippen LogP contribution < -0.4 is 4.74 Å². The second kappa shape index (κ2) is 13.4. The number of aromatic nitrogens is 2. The summed E-state index contributed by atoms with van der Waals surface area (Å²) in [5.41, 5.74) is 3.72. The molecule has 2 fully saturated rings. The SMILES string of the molecule is COCCOC1CN(Cc2ccc(-c3ccc(-c4c(F)cc5[nH]c(O[C@H]6CC[C@H](CC(=O)O)CC6)nc5c4F)cc3)cc2)C1. The van der Waals surface area contributed by atoms with Crippen molar-refractivity contribution in [3.05, 3.63) is 71.8 Å². The minimum absolute atomic E-state index is 0.0192. The first kappa shape index (κ1) is 30.2. The normalized spacial score (nSPS) is 19.2. The molecule has 44 heavy (non-hydrogen) atoms. The molecule has 1 saturated carbocycles. The van der Waals surface area contributed by atoms with Gasteiger partial charge in [0.1, 0.15) is 17.4 Å². The van der Waals surface area contributed by atoms with E-state index < -0.39 is 17.6 Å². The number of fused-ring (bicyclic) bond motifs is 1. The number of benzene rings is 3. The van der Waals surface area contributed by atoms with Crippen LogP contribution in [0.3, 0.4) is 0 Å². The highest BCUT2D eigenvalue weighted by Gasteiger charge is 2.28. The first-order valence-electron chi connectivity index (χ1n) is 15.1. The molecule has 1 saturated heterocycles. The fourth-order valence-electron chi connectivity index (χ4n) is 6.18. The standard InChI is InChI=1S/C34H37F2N3O5/c1-42-14-15-43-27-19-39(20-27)18-22-2-6-23(7-3-22)24-8-10-25(11-9-24)31-28(35)17-29-33(32(31)36)38-34(37-29)44-26-12-4-21(5-13-26)16-30(40)41/h2-3,6-11,17,21,26-27H,4-5,12-16,18-20H2,1H3,(H,37,38)(H,40,41)/t21-,26-. The number of methoxy groups -OCH3 is 1. The quantitative estimate of drug-likeness (QED) is 0.180. The van der Waals surface area contributed by atoms with E-state index in [2.05, 4.69) is 39.1 Å². The number of H-pyrrole nitrogens is 1. The highest BCUT2D eigenvalue weighted by Crippen LogP contribution is 2.35. The van der Waals surface area contributed by atoms with Gasteiger partial charge in [-0.1, -0.05) is 48.5 Å². The first-order valence-corrected chi connectivity index (χ1v) is 15.1. The lowest BCUT2D eigenvalue weighted by molar-refractivity contribution is -0.138. The van der Waals surface area contributed by atoms with Crippen molar-refractivity contribution in [2.75, 3.05) is 33.4 Å². The van der Waals surface area contributed by atoms with E-state index in [-0.39, 0.29) is 47.2 Å². The molecule has 6 rings (SSSR count). The monoisotopic (exact) mass is 605 g/mol. The Kier molecular flexibility index (Phi) is 9.20. The number of hydrogen-bond acceptors (Lipinski definition) is 6. The number of hydrogen-bond donors (Lipinski definition) is 2. The van der Waals surface area contributed by atoms with Gasteiger partial charge in [0.2, 0.25) is 0 Å². The number of halogens is 2. The van der Waals surface area contributed by atoms with Crippen LogP contribution in [0.2, 0.25) is 0 Å². The van der Waals surface area contributed by atoms with Crippen molar-refractivity contribution in [2.45, 2.75) is 50.9 Å². The Bertz CT molecular complexity index is 1580. The molecule has 2 N–H and O–H groups in total. The average molecular weight is 606 g/mol. The summed E-state index contributed by atoms with van der Waals surface area (Å²) in [4.78, 5) is 20.5. The summed E-state index contributed by atoms with van der Waals surface area (Å²) < 4.78 is 47.5. The van der Waals surface area contributed by atoms with Gasteiger partial charge in [-0.3, -0.25) is 9.69 Å². The molecule has 8 nitrogen and oxygen atoms in total. The van der Waals surface area contributed by atoms with Gasteiger partial charge < -0.3 is 24.3 Å². The van der Waals surface area contributed by atoms with Crippen LogP contribution in [0.5, 0.6) is 6.01 Å². The van der Waals surface area contributed by atoms with E-state index in [0.717, 1.165) is 43.6 Å². The summed E-state index contributed by atoms with van der Waals surface area (Å²) in [5, 5.41) is 9.02. The zero-order valence-corrected chi connectivity index (χ0v) is 24.7. The Labute approximate surface area is 255 Å². The molecule has 1 aromatic heterocycles. The fraction of sp³-hybridized carbons (Fsp3) is 0.412. The Hall–Kier alpha value is -3.86. The number of nitrogens with zero attached hydrogens (tertiary/aromatic N) is 2. The number of rotatable bonds is 12. The molecule has 4 aromatic rings. The number of nitrogens with one attached hydrogen (secondary N) is 1. The van der Waals surface area contributed by atoms with Gasteiger partial charge in [-0.25, -0.2) is 8.78 Å². The predicted octanol–water partition coefficient (Wildman–Crippen LogP) is 6.43. The Morgan fingerprint density at radius 2 is 1.61 bits per heavy atom. The van der Waals surface area contributed by atoms with Gasteiger partial charge in [0.25, 0.3) is 6.01 Å².